The lowest BCUT2D eigenvalue weighted by molar-refractivity contribution is -0.137. The van der Waals surface area contributed by atoms with E-state index >= 15 is 0 Å². The van der Waals surface area contributed by atoms with Gasteiger partial charge in [-0.15, -0.1) is 0 Å². The number of alkyl halides is 3. The lowest BCUT2D eigenvalue weighted by Crippen LogP contribution is -2.04. The highest BCUT2D eigenvalue weighted by molar-refractivity contribution is 5.80. The summed E-state index contributed by atoms with van der Waals surface area (Å²) in [6.45, 7) is 1.60. The molecule has 2 rings (SSSR count). The average molecular weight is 292 g/mol. The standard InChI is InChI=1S/C17H15F3O/c1-12(21)11-16(13-5-3-2-4-6-13)14-7-9-15(10-8-14)17(18,19)20/h2-12,21H,1H3/b16-11-/t12-/m0/s1. The minimum Gasteiger partial charge on any atom is -0.389 e. The molecule has 0 heterocycles. The van der Waals surface area contributed by atoms with Gasteiger partial charge in [0, 0.05) is 0 Å². The van der Waals surface area contributed by atoms with Crippen molar-refractivity contribution in [2.45, 2.75) is 19.2 Å². The zero-order chi connectivity index (χ0) is 15.5. The molecule has 2 aromatic rings. The molecule has 21 heavy (non-hydrogen) atoms. The molecule has 0 spiro atoms. The summed E-state index contributed by atoms with van der Waals surface area (Å²) in [6, 6.07) is 14.2. The predicted octanol–water partition coefficient (Wildman–Crippen LogP) is 4.52. The second kappa shape index (κ2) is 6.14. The molecule has 2 aromatic carbocycles. The summed E-state index contributed by atoms with van der Waals surface area (Å²) in [5.41, 5.74) is 1.50. The van der Waals surface area contributed by atoms with Gasteiger partial charge in [0.05, 0.1) is 11.7 Å². The molecule has 0 amide bonds. The number of hydrogen-bond acceptors (Lipinski definition) is 1. The molecule has 0 aliphatic carbocycles. The zero-order valence-electron chi connectivity index (χ0n) is 11.4. The Hall–Kier alpha value is -2.07. The summed E-state index contributed by atoms with van der Waals surface area (Å²) in [5, 5.41) is 9.57. The summed E-state index contributed by atoms with van der Waals surface area (Å²) in [4.78, 5) is 0. The maximum Gasteiger partial charge on any atom is 0.416 e. The van der Waals surface area contributed by atoms with Crippen molar-refractivity contribution < 1.29 is 18.3 Å². The summed E-state index contributed by atoms with van der Waals surface area (Å²) >= 11 is 0. The van der Waals surface area contributed by atoms with Crippen LogP contribution in [0, 0.1) is 0 Å². The first-order valence-electron chi connectivity index (χ1n) is 6.51. The van der Waals surface area contributed by atoms with Crippen LogP contribution in [0.3, 0.4) is 0 Å². The Morgan fingerprint density at radius 1 is 0.952 bits per heavy atom. The van der Waals surface area contributed by atoms with Gasteiger partial charge in [-0.1, -0.05) is 42.5 Å². The minimum atomic E-state index is -4.35. The average Bonchev–Trinajstić information content (AvgIpc) is 2.45. The number of hydrogen-bond donors (Lipinski definition) is 1. The number of aliphatic hydroxyl groups excluding tert-OH is 1. The van der Waals surface area contributed by atoms with Gasteiger partial charge < -0.3 is 5.11 Å². The molecule has 0 fully saturated rings. The summed E-state index contributed by atoms with van der Waals surface area (Å²) < 4.78 is 37.8. The van der Waals surface area contributed by atoms with Crippen molar-refractivity contribution in [3.8, 4) is 0 Å². The van der Waals surface area contributed by atoms with E-state index < -0.39 is 17.8 Å². The molecule has 4 heteroatoms. The van der Waals surface area contributed by atoms with E-state index in [4.69, 9.17) is 0 Å². The number of halogens is 3. The third-order valence-corrected chi connectivity index (χ3v) is 3.02. The van der Waals surface area contributed by atoms with Crippen molar-refractivity contribution >= 4 is 5.57 Å². The van der Waals surface area contributed by atoms with E-state index in [9.17, 15) is 18.3 Å². The van der Waals surface area contributed by atoms with Gasteiger partial charge in [0.2, 0.25) is 0 Å². The van der Waals surface area contributed by atoms with Gasteiger partial charge in [-0.3, -0.25) is 0 Å². The Bertz CT molecular complexity index is 611. The van der Waals surface area contributed by atoms with Crippen LogP contribution < -0.4 is 0 Å². The molecule has 1 atom stereocenters. The molecule has 110 valence electrons. The van der Waals surface area contributed by atoms with Gasteiger partial charge in [0.15, 0.2) is 0 Å². The molecule has 0 aromatic heterocycles. The SMILES string of the molecule is C[C@H](O)/C=C(/c1ccccc1)c1ccc(C(F)(F)F)cc1. The fourth-order valence-corrected chi connectivity index (χ4v) is 2.06. The predicted molar refractivity (Wildman–Crippen MR) is 76.6 cm³/mol. The Labute approximate surface area is 121 Å². The summed E-state index contributed by atoms with van der Waals surface area (Å²) in [5.74, 6) is 0. The molecule has 1 nitrogen and oxygen atoms in total. The third kappa shape index (κ3) is 3.95. The highest BCUT2D eigenvalue weighted by Gasteiger charge is 2.30. The molecule has 0 saturated carbocycles. The van der Waals surface area contributed by atoms with Crippen molar-refractivity contribution in [1.29, 1.82) is 0 Å². The van der Waals surface area contributed by atoms with Crippen LogP contribution in [0.4, 0.5) is 13.2 Å². The van der Waals surface area contributed by atoms with Crippen molar-refractivity contribution in [3.05, 3.63) is 77.4 Å². The topological polar surface area (TPSA) is 20.2 Å². The van der Waals surface area contributed by atoms with E-state index in [0.717, 1.165) is 17.7 Å². The van der Waals surface area contributed by atoms with Gasteiger partial charge in [-0.25, -0.2) is 0 Å². The number of rotatable bonds is 3. The fourth-order valence-electron chi connectivity index (χ4n) is 2.06. The smallest absolute Gasteiger partial charge is 0.389 e. The zero-order valence-corrected chi connectivity index (χ0v) is 11.4. The quantitative estimate of drug-likeness (QED) is 0.882. The Morgan fingerprint density at radius 3 is 1.95 bits per heavy atom. The van der Waals surface area contributed by atoms with E-state index in [-0.39, 0.29) is 0 Å². The molecule has 1 N–H and O–H groups in total. The van der Waals surface area contributed by atoms with Crippen LogP contribution in [0.5, 0.6) is 0 Å². The van der Waals surface area contributed by atoms with Gasteiger partial charge in [0.25, 0.3) is 0 Å². The van der Waals surface area contributed by atoms with Crippen LogP contribution >= 0.6 is 0 Å². The van der Waals surface area contributed by atoms with Gasteiger partial charge >= 0.3 is 6.18 Å². The van der Waals surface area contributed by atoms with Crippen molar-refractivity contribution in [2.75, 3.05) is 0 Å². The van der Waals surface area contributed by atoms with Gasteiger partial charge in [0.1, 0.15) is 0 Å². The van der Waals surface area contributed by atoms with E-state index in [0.29, 0.717) is 11.1 Å². The monoisotopic (exact) mass is 292 g/mol. The first-order chi connectivity index (χ1) is 9.88. The van der Waals surface area contributed by atoms with E-state index in [2.05, 4.69) is 0 Å². The van der Waals surface area contributed by atoms with E-state index in [1.165, 1.54) is 12.1 Å². The molecule has 0 unspecified atom stereocenters. The van der Waals surface area contributed by atoms with Crippen molar-refractivity contribution in [1.82, 2.24) is 0 Å². The largest absolute Gasteiger partial charge is 0.416 e. The lowest BCUT2D eigenvalue weighted by Gasteiger charge is -2.12. The second-order valence-corrected chi connectivity index (χ2v) is 4.76. The maximum absolute atomic E-state index is 12.6. The fraction of sp³-hybridized carbons (Fsp3) is 0.176. The van der Waals surface area contributed by atoms with Crippen LogP contribution in [0.15, 0.2) is 60.7 Å². The molecule has 0 bridgehead atoms. The minimum absolute atomic E-state index is 0.634. The van der Waals surface area contributed by atoms with Crippen LogP contribution in [-0.4, -0.2) is 11.2 Å². The van der Waals surface area contributed by atoms with Crippen LogP contribution in [0.2, 0.25) is 0 Å². The van der Waals surface area contributed by atoms with Crippen molar-refractivity contribution in [2.24, 2.45) is 0 Å². The van der Waals surface area contributed by atoms with E-state index in [1.807, 2.05) is 30.3 Å². The normalized spacial score (nSPS) is 14.0. The molecule has 0 saturated heterocycles. The lowest BCUT2D eigenvalue weighted by atomic mass is 9.95. The first-order valence-corrected chi connectivity index (χ1v) is 6.51. The van der Waals surface area contributed by atoms with Crippen molar-refractivity contribution in [3.63, 3.8) is 0 Å². The second-order valence-electron chi connectivity index (χ2n) is 4.76. The molecular formula is C17H15F3O. The van der Waals surface area contributed by atoms with Crippen LogP contribution in [-0.2, 0) is 6.18 Å². The maximum atomic E-state index is 12.6. The Morgan fingerprint density at radius 2 is 1.48 bits per heavy atom. The molecule has 0 radical (unpaired) electrons. The first kappa shape index (κ1) is 15.3. The number of benzene rings is 2. The Balaban J connectivity index is 2.44. The molecular weight excluding hydrogens is 277 g/mol. The summed E-state index contributed by atoms with van der Waals surface area (Å²) in [6.07, 6.45) is -3.42. The highest BCUT2D eigenvalue weighted by Crippen LogP contribution is 2.31. The molecule has 0 aliphatic heterocycles. The van der Waals surface area contributed by atoms with E-state index in [1.54, 1.807) is 13.0 Å². The number of aliphatic hydroxyl groups is 1. The van der Waals surface area contributed by atoms with Gasteiger partial charge in [-0.05, 0) is 41.8 Å². The van der Waals surface area contributed by atoms with Gasteiger partial charge in [-0.2, -0.15) is 13.2 Å². The summed E-state index contributed by atoms with van der Waals surface area (Å²) in [7, 11) is 0. The Kier molecular flexibility index (Phi) is 4.48. The molecule has 0 aliphatic rings. The van der Waals surface area contributed by atoms with Crippen LogP contribution in [0.1, 0.15) is 23.6 Å². The van der Waals surface area contributed by atoms with Crippen LogP contribution in [0.25, 0.3) is 5.57 Å². The highest BCUT2D eigenvalue weighted by atomic mass is 19.4. The third-order valence-electron chi connectivity index (χ3n) is 3.02.